The molecular formula is C8H17NO3S. The molecule has 78 valence electrons. The van der Waals surface area contributed by atoms with E-state index in [4.69, 9.17) is 4.18 Å². The van der Waals surface area contributed by atoms with Gasteiger partial charge in [-0.25, -0.2) is 0 Å². The van der Waals surface area contributed by atoms with Gasteiger partial charge in [0, 0.05) is 6.54 Å². The minimum absolute atomic E-state index is 0.0648. The third-order valence-corrected chi connectivity index (χ3v) is 3.66. The Balaban J connectivity index is 2.68. The van der Waals surface area contributed by atoms with Gasteiger partial charge in [0.05, 0.1) is 12.6 Å². The van der Waals surface area contributed by atoms with E-state index in [0.29, 0.717) is 13.2 Å². The Bertz CT molecular complexity index is 250. The molecule has 0 unspecified atom stereocenters. The zero-order chi connectivity index (χ0) is 9.90. The molecule has 0 saturated carbocycles. The Morgan fingerprint density at radius 2 is 2.08 bits per heavy atom. The molecule has 0 aromatic heterocycles. The van der Waals surface area contributed by atoms with Crippen molar-refractivity contribution < 1.29 is 12.6 Å². The summed E-state index contributed by atoms with van der Waals surface area (Å²) in [6.07, 6.45) is 2.71. The second kappa shape index (κ2) is 4.39. The summed E-state index contributed by atoms with van der Waals surface area (Å²) in [6.45, 7) is 4.93. The molecule has 5 heteroatoms. The van der Waals surface area contributed by atoms with Gasteiger partial charge in [0.1, 0.15) is 0 Å². The molecule has 0 radical (unpaired) electrons. The summed E-state index contributed by atoms with van der Waals surface area (Å²) in [5.41, 5.74) is 0. The van der Waals surface area contributed by atoms with Crippen molar-refractivity contribution in [2.24, 2.45) is 0 Å². The molecule has 0 aromatic rings. The topological polar surface area (TPSA) is 46.6 Å². The van der Waals surface area contributed by atoms with Gasteiger partial charge in [-0.1, -0.05) is 20.3 Å². The van der Waals surface area contributed by atoms with Crippen LogP contribution >= 0.6 is 0 Å². The van der Waals surface area contributed by atoms with Crippen molar-refractivity contribution >= 4 is 10.3 Å². The van der Waals surface area contributed by atoms with E-state index in [-0.39, 0.29) is 6.04 Å². The van der Waals surface area contributed by atoms with Crippen molar-refractivity contribution in [2.75, 3.05) is 13.2 Å². The maximum atomic E-state index is 11.3. The first-order chi connectivity index (χ1) is 6.11. The normalized spacial score (nSPS) is 28.0. The summed E-state index contributed by atoms with van der Waals surface area (Å²) in [5.74, 6) is 0. The summed E-state index contributed by atoms with van der Waals surface area (Å²) in [6, 6.07) is 0.0648. The van der Waals surface area contributed by atoms with Crippen LogP contribution in [0.3, 0.4) is 0 Å². The molecule has 0 amide bonds. The summed E-state index contributed by atoms with van der Waals surface area (Å²) < 4.78 is 28.9. The summed E-state index contributed by atoms with van der Waals surface area (Å²) in [4.78, 5) is 0. The minimum Gasteiger partial charge on any atom is -0.256 e. The molecule has 1 rings (SSSR count). The van der Waals surface area contributed by atoms with Gasteiger partial charge in [-0.2, -0.15) is 12.7 Å². The van der Waals surface area contributed by atoms with Gasteiger partial charge < -0.3 is 0 Å². The predicted octanol–water partition coefficient (Wildman–Crippen LogP) is 1.14. The highest BCUT2D eigenvalue weighted by Gasteiger charge is 2.36. The first kappa shape index (κ1) is 10.9. The molecule has 13 heavy (non-hydrogen) atoms. The van der Waals surface area contributed by atoms with Gasteiger partial charge in [-0.05, 0) is 12.8 Å². The van der Waals surface area contributed by atoms with E-state index in [9.17, 15) is 8.42 Å². The predicted molar refractivity (Wildman–Crippen MR) is 50.6 cm³/mol. The second-order valence-corrected chi connectivity index (χ2v) is 4.86. The van der Waals surface area contributed by atoms with Crippen molar-refractivity contribution in [2.45, 2.75) is 39.2 Å². The molecular weight excluding hydrogens is 190 g/mol. The first-order valence-electron chi connectivity index (χ1n) is 4.78. The lowest BCUT2D eigenvalue weighted by atomic mass is 10.2. The van der Waals surface area contributed by atoms with Crippen LogP contribution in [0.5, 0.6) is 0 Å². The van der Waals surface area contributed by atoms with Crippen molar-refractivity contribution in [1.29, 1.82) is 0 Å². The van der Waals surface area contributed by atoms with Crippen molar-refractivity contribution in [1.82, 2.24) is 4.31 Å². The Morgan fingerprint density at radius 1 is 1.38 bits per heavy atom. The fourth-order valence-electron chi connectivity index (χ4n) is 1.57. The van der Waals surface area contributed by atoms with Gasteiger partial charge in [0.25, 0.3) is 0 Å². The summed E-state index contributed by atoms with van der Waals surface area (Å²) in [7, 11) is -3.39. The summed E-state index contributed by atoms with van der Waals surface area (Å²) in [5, 5.41) is 0. The fourth-order valence-corrected chi connectivity index (χ4v) is 2.98. The second-order valence-electron chi connectivity index (χ2n) is 3.30. The number of hydrogen-bond acceptors (Lipinski definition) is 3. The molecule has 0 aliphatic carbocycles. The smallest absolute Gasteiger partial charge is 0.256 e. The highest BCUT2D eigenvalue weighted by molar-refractivity contribution is 7.84. The maximum absolute atomic E-state index is 11.3. The zero-order valence-electron chi connectivity index (χ0n) is 8.19. The monoisotopic (exact) mass is 207 g/mol. The molecule has 1 aliphatic heterocycles. The van der Waals surface area contributed by atoms with Crippen LogP contribution < -0.4 is 0 Å². The molecule has 0 spiro atoms. The van der Waals surface area contributed by atoms with Crippen LogP contribution in [-0.4, -0.2) is 31.9 Å². The van der Waals surface area contributed by atoms with Gasteiger partial charge in [-0.3, -0.25) is 4.18 Å². The highest BCUT2D eigenvalue weighted by atomic mass is 32.2. The van der Waals surface area contributed by atoms with E-state index in [1.807, 2.05) is 6.92 Å². The largest absolute Gasteiger partial charge is 0.338 e. The quantitative estimate of drug-likeness (QED) is 0.694. The molecule has 0 N–H and O–H groups in total. The average Bonchev–Trinajstić information content (AvgIpc) is 2.33. The number of rotatable bonds is 4. The van der Waals surface area contributed by atoms with Crippen molar-refractivity contribution in [3.8, 4) is 0 Å². The van der Waals surface area contributed by atoms with Crippen molar-refractivity contribution in [3.05, 3.63) is 0 Å². The van der Waals surface area contributed by atoms with Crippen LogP contribution in [0.2, 0.25) is 0 Å². The molecule has 0 bridgehead atoms. The first-order valence-corrected chi connectivity index (χ1v) is 6.14. The molecule has 1 atom stereocenters. The molecule has 0 aromatic carbocycles. The lowest BCUT2D eigenvalue weighted by Crippen LogP contribution is -2.34. The lowest BCUT2D eigenvalue weighted by molar-refractivity contribution is 0.295. The molecule has 1 aliphatic rings. The Kier molecular flexibility index (Phi) is 3.70. The lowest BCUT2D eigenvalue weighted by Gasteiger charge is -2.18. The van der Waals surface area contributed by atoms with Crippen LogP contribution in [0.4, 0.5) is 0 Å². The summed E-state index contributed by atoms with van der Waals surface area (Å²) >= 11 is 0. The molecule has 1 saturated heterocycles. The van der Waals surface area contributed by atoms with Crippen LogP contribution in [0.15, 0.2) is 0 Å². The van der Waals surface area contributed by atoms with E-state index in [0.717, 1.165) is 19.3 Å². The van der Waals surface area contributed by atoms with E-state index in [1.54, 1.807) is 0 Å². The average molecular weight is 207 g/mol. The van der Waals surface area contributed by atoms with E-state index >= 15 is 0 Å². The maximum Gasteiger partial charge on any atom is 0.338 e. The number of nitrogens with zero attached hydrogens (tertiary/aromatic N) is 1. The van der Waals surface area contributed by atoms with Gasteiger partial charge >= 0.3 is 10.3 Å². The molecule has 4 nitrogen and oxygen atoms in total. The zero-order valence-corrected chi connectivity index (χ0v) is 9.01. The van der Waals surface area contributed by atoms with E-state index < -0.39 is 10.3 Å². The molecule has 1 heterocycles. The Hall–Kier alpha value is -0.130. The highest BCUT2D eigenvalue weighted by Crippen LogP contribution is 2.21. The van der Waals surface area contributed by atoms with Gasteiger partial charge in [0.15, 0.2) is 0 Å². The third-order valence-electron chi connectivity index (χ3n) is 2.17. The van der Waals surface area contributed by atoms with Crippen LogP contribution in [0.25, 0.3) is 0 Å². The van der Waals surface area contributed by atoms with Gasteiger partial charge in [0.2, 0.25) is 0 Å². The number of hydrogen-bond donors (Lipinski definition) is 0. The van der Waals surface area contributed by atoms with Gasteiger partial charge in [-0.15, -0.1) is 0 Å². The van der Waals surface area contributed by atoms with Crippen molar-refractivity contribution in [3.63, 3.8) is 0 Å². The van der Waals surface area contributed by atoms with Crippen LogP contribution in [-0.2, 0) is 14.5 Å². The fraction of sp³-hybridized carbons (Fsp3) is 1.00. The minimum atomic E-state index is -3.39. The van der Waals surface area contributed by atoms with Crippen LogP contribution in [0.1, 0.15) is 33.1 Å². The Labute approximate surface area is 80.1 Å². The van der Waals surface area contributed by atoms with Crippen LogP contribution in [0, 0.1) is 0 Å². The van der Waals surface area contributed by atoms with E-state index in [1.165, 1.54) is 4.31 Å². The van der Waals surface area contributed by atoms with E-state index in [2.05, 4.69) is 6.92 Å². The SMILES string of the molecule is CCC[C@@H]1COS(=O)(=O)N1CCC. The Morgan fingerprint density at radius 3 is 2.62 bits per heavy atom. The third kappa shape index (κ3) is 2.42. The standard InChI is InChI=1S/C8H17NO3S/c1-3-5-8-7-12-13(10,11)9(8)6-4-2/h8H,3-7H2,1-2H3/t8-/m1/s1. The molecule has 1 fully saturated rings.